The van der Waals surface area contributed by atoms with Crippen molar-refractivity contribution >= 4 is 16.2 Å². The summed E-state index contributed by atoms with van der Waals surface area (Å²) in [5.41, 5.74) is 0. The van der Waals surface area contributed by atoms with E-state index in [2.05, 4.69) is 6.58 Å². The fourth-order valence-electron chi connectivity index (χ4n) is 1.46. The molecule has 1 rings (SSSR count). The van der Waals surface area contributed by atoms with Crippen molar-refractivity contribution in [3.63, 3.8) is 0 Å². The fourth-order valence-corrected chi connectivity index (χ4v) is 3.21. The average Bonchev–Trinajstić information content (AvgIpc) is 2.42. The molecule has 4 nitrogen and oxygen atoms in total. The second kappa shape index (κ2) is 3.91. The first kappa shape index (κ1) is 10.2. The van der Waals surface area contributed by atoms with Crippen LogP contribution < -0.4 is 0 Å². The zero-order chi connectivity index (χ0) is 9.90. The maximum absolute atomic E-state index is 11.1. The summed E-state index contributed by atoms with van der Waals surface area (Å²) in [6, 6.07) is -0.152. The van der Waals surface area contributed by atoms with Crippen LogP contribution in [0.25, 0.3) is 0 Å². The molecule has 1 heterocycles. The summed E-state index contributed by atoms with van der Waals surface area (Å²) >= 11 is 0. The van der Waals surface area contributed by atoms with Crippen molar-refractivity contribution in [3.8, 4) is 0 Å². The van der Waals surface area contributed by atoms with Crippen LogP contribution in [0.15, 0.2) is 12.7 Å². The van der Waals surface area contributed by atoms with Gasteiger partial charge in [0.25, 0.3) is 0 Å². The van der Waals surface area contributed by atoms with E-state index in [1.165, 1.54) is 4.90 Å². The number of carbonyl (C=O) groups is 1. The predicted molar refractivity (Wildman–Crippen MR) is 50.0 cm³/mol. The van der Waals surface area contributed by atoms with E-state index in [1.807, 2.05) is 0 Å². The summed E-state index contributed by atoms with van der Waals surface area (Å²) in [6.45, 7) is 3.93. The van der Waals surface area contributed by atoms with E-state index in [1.54, 1.807) is 6.08 Å². The van der Waals surface area contributed by atoms with Gasteiger partial charge >= 0.3 is 0 Å². The lowest BCUT2D eigenvalue weighted by molar-refractivity contribution is -0.119. The highest BCUT2D eigenvalue weighted by molar-refractivity contribution is 7.91. The van der Waals surface area contributed by atoms with Gasteiger partial charge in [0.15, 0.2) is 9.84 Å². The molecule has 0 unspecified atom stereocenters. The predicted octanol–water partition coefficient (Wildman–Crippen LogP) is -0.182. The van der Waals surface area contributed by atoms with Crippen LogP contribution >= 0.6 is 0 Å². The first-order valence-corrected chi connectivity index (χ1v) is 5.93. The smallest absolute Gasteiger partial charge is 0.210 e. The Hall–Kier alpha value is -0.840. The van der Waals surface area contributed by atoms with Crippen molar-refractivity contribution in [2.24, 2.45) is 0 Å². The van der Waals surface area contributed by atoms with Gasteiger partial charge in [0.05, 0.1) is 11.5 Å². The van der Waals surface area contributed by atoms with Crippen molar-refractivity contribution in [1.29, 1.82) is 0 Å². The van der Waals surface area contributed by atoms with Crippen LogP contribution in [-0.2, 0) is 14.6 Å². The molecular weight excluding hydrogens is 190 g/mol. The van der Waals surface area contributed by atoms with Crippen LogP contribution in [0.5, 0.6) is 0 Å². The number of nitrogens with zero attached hydrogens (tertiary/aromatic N) is 1. The van der Waals surface area contributed by atoms with Gasteiger partial charge in [-0.15, -0.1) is 6.58 Å². The summed E-state index contributed by atoms with van der Waals surface area (Å²) in [4.78, 5) is 12.1. The number of carbonyl (C=O) groups excluding carboxylic acids is 1. The topological polar surface area (TPSA) is 54.5 Å². The maximum Gasteiger partial charge on any atom is 0.210 e. The third-order valence-corrected chi connectivity index (χ3v) is 3.90. The second-order valence-corrected chi connectivity index (χ2v) is 5.38. The van der Waals surface area contributed by atoms with E-state index >= 15 is 0 Å². The molecule has 0 aliphatic carbocycles. The lowest BCUT2D eigenvalue weighted by Crippen LogP contribution is -2.35. The Labute approximate surface area is 78.1 Å². The Morgan fingerprint density at radius 2 is 2.23 bits per heavy atom. The average molecular weight is 203 g/mol. The molecule has 0 aromatic heterocycles. The molecular formula is C8H13NO3S. The summed E-state index contributed by atoms with van der Waals surface area (Å²) in [6.07, 6.45) is 2.83. The quantitative estimate of drug-likeness (QED) is 0.470. The molecule has 1 amide bonds. The third kappa shape index (κ3) is 2.55. The van der Waals surface area contributed by atoms with Gasteiger partial charge in [-0.2, -0.15) is 0 Å². The Bertz CT molecular complexity index is 297. The SMILES string of the molecule is C=CCN(C=O)[C@H]1CCS(=O)(=O)C1. The van der Waals surface area contributed by atoms with Gasteiger partial charge in [-0.1, -0.05) is 6.08 Å². The number of hydrogen-bond acceptors (Lipinski definition) is 3. The van der Waals surface area contributed by atoms with Crippen molar-refractivity contribution in [1.82, 2.24) is 4.90 Å². The van der Waals surface area contributed by atoms with Crippen molar-refractivity contribution in [2.75, 3.05) is 18.1 Å². The molecule has 0 aromatic carbocycles. The molecule has 1 aliphatic rings. The van der Waals surface area contributed by atoms with Gasteiger partial charge in [-0.3, -0.25) is 4.79 Å². The number of rotatable bonds is 4. The molecule has 1 aliphatic heterocycles. The zero-order valence-corrected chi connectivity index (χ0v) is 8.16. The standard InChI is InChI=1S/C8H13NO3S/c1-2-4-9(7-10)8-3-5-13(11,12)6-8/h2,7-8H,1,3-6H2/t8-/m0/s1. The number of hydrogen-bond donors (Lipinski definition) is 0. The monoisotopic (exact) mass is 203 g/mol. The van der Waals surface area contributed by atoms with Crippen LogP contribution in [0, 0.1) is 0 Å². The van der Waals surface area contributed by atoms with Crippen LogP contribution in [0.3, 0.4) is 0 Å². The van der Waals surface area contributed by atoms with Gasteiger partial charge in [0.1, 0.15) is 0 Å². The van der Waals surface area contributed by atoms with E-state index in [0.717, 1.165) is 0 Å². The highest BCUT2D eigenvalue weighted by atomic mass is 32.2. The number of sulfone groups is 1. The summed E-state index contributed by atoms with van der Waals surface area (Å²) < 4.78 is 22.2. The van der Waals surface area contributed by atoms with Gasteiger partial charge < -0.3 is 4.90 Å². The van der Waals surface area contributed by atoms with Gasteiger partial charge in [-0.25, -0.2) is 8.42 Å². The third-order valence-electron chi connectivity index (χ3n) is 2.15. The Balaban J connectivity index is 2.62. The van der Waals surface area contributed by atoms with E-state index in [-0.39, 0.29) is 17.5 Å². The minimum Gasteiger partial charge on any atom is -0.338 e. The summed E-state index contributed by atoms with van der Waals surface area (Å²) in [7, 11) is -2.90. The Morgan fingerprint density at radius 3 is 2.62 bits per heavy atom. The summed E-state index contributed by atoms with van der Waals surface area (Å²) in [5, 5.41) is 0. The van der Waals surface area contributed by atoms with E-state index in [9.17, 15) is 13.2 Å². The van der Waals surface area contributed by atoms with E-state index in [4.69, 9.17) is 0 Å². The van der Waals surface area contributed by atoms with Gasteiger partial charge in [-0.05, 0) is 6.42 Å². The molecule has 0 aromatic rings. The highest BCUT2D eigenvalue weighted by Gasteiger charge is 2.31. The normalized spacial score (nSPS) is 25.4. The minimum absolute atomic E-state index is 0.0968. The first-order chi connectivity index (χ1) is 6.09. The number of amides is 1. The molecule has 0 spiro atoms. The fraction of sp³-hybridized carbons (Fsp3) is 0.625. The Morgan fingerprint density at radius 1 is 1.54 bits per heavy atom. The van der Waals surface area contributed by atoms with Crippen LogP contribution in [0.4, 0.5) is 0 Å². The maximum atomic E-state index is 11.1. The van der Waals surface area contributed by atoms with E-state index in [0.29, 0.717) is 19.4 Å². The first-order valence-electron chi connectivity index (χ1n) is 4.11. The second-order valence-electron chi connectivity index (χ2n) is 3.15. The van der Waals surface area contributed by atoms with Crippen molar-refractivity contribution < 1.29 is 13.2 Å². The molecule has 13 heavy (non-hydrogen) atoms. The zero-order valence-electron chi connectivity index (χ0n) is 7.35. The lowest BCUT2D eigenvalue weighted by atomic mass is 10.2. The van der Waals surface area contributed by atoms with Crippen LogP contribution in [0.1, 0.15) is 6.42 Å². The molecule has 0 bridgehead atoms. The van der Waals surface area contributed by atoms with Gasteiger partial charge in [0, 0.05) is 12.6 Å². The van der Waals surface area contributed by atoms with Crippen molar-refractivity contribution in [3.05, 3.63) is 12.7 Å². The lowest BCUT2D eigenvalue weighted by Gasteiger charge is -2.21. The molecule has 0 N–H and O–H groups in total. The molecule has 5 heteroatoms. The molecule has 1 fully saturated rings. The van der Waals surface area contributed by atoms with Crippen LogP contribution in [0.2, 0.25) is 0 Å². The van der Waals surface area contributed by atoms with Gasteiger partial charge in [0.2, 0.25) is 6.41 Å². The Kier molecular flexibility index (Phi) is 3.08. The highest BCUT2D eigenvalue weighted by Crippen LogP contribution is 2.16. The minimum atomic E-state index is -2.90. The molecule has 74 valence electrons. The van der Waals surface area contributed by atoms with E-state index < -0.39 is 9.84 Å². The molecule has 1 atom stereocenters. The molecule has 0 radical (unpaired) electrons. The molecule has 1 saturated heterocycles. The van der Waals surface area contributed by atoms with Crippen LogP contribution in [-0.4, -0.2) is 43.8 Å². The largest absolute Gasteiger partial charge is 0.338 e. The van der Waals surface area contributed by atoms with Crippen molar-refractivity contribution in [2.45, 2.75) is 12.5 Å². The molecule has 0 saturated carbocycles. The summed E-state index contributed by atoms with van der Waals surface area (Å²) in [5.74, 6) is 0.290.